The first-order chi connectivity index (χ1) is 9.70. The van der Waals surface area contributed by atoms with Crippen molar-refractivity contribution < 1.29 is 0 Å². The Morgan fingerprint density at radius 2 is 2.20 bits per heavy atom. The molecule has 0 saturated heterocycles. The number of H-pyrrole nitrogens is 1. The summed E-state index contributed by atoms with van der Waals surface area (Å²) in [7, 11) is 0. The molecule has 0 aliphatic rings. The molecule has 0 spiro atoms. The molecule has 2 heterocycles. The lowest BCUT2D eigenvalue weighted by atomic mass is 10.1. The number of rotatable bonds is 3. The molecule has 0 amide bonds. The highest BCUT2D eigenvalue weighted by Crippen LogP contribution is 2.20. The predicted molar refractivity (Wildman–Crippen MR) is 85.6 cm³/mol. The quantitative estimate of drug-likeness (QED) is 0.574. The number of nitrogens with one attached hydrogen (secondary N) is 1. The van der Waals surface area contributed by atoms with Gasteiger partial charge in [-0.25, -0.2) is 4.98 Å². The third kappa shape index (κ3) is 2.16. The van der Waals surface area contributed by atoms with Crippen molar-refractivity contribution in [3.8, 4) is 0 Å². The summed E-state index contributed by atoms with van der Waals surface area (Å²) in [5.74, 6) is 0.473. The Labute approximate surface area is 123 Å². The fourth-order valence-electron chi connectivity index (χ4n) is 2.63. The number of benzene rings is 1. The molecule has 1 N–H and O–H groups in total. The summed E-state index contributed by atoms with van der Waals surface area (Å²) in [6.07, 6.45) is 7.16. The van der Waals surface area contributed by atoms with Gasteiger partial charge in [-0.1, -0.05) is 31.2 Å². The van der Waals surface area contributed by atoms with E-state index in [-0.39, 0.29) is 0 Å². The van der Waals surface area contributed by atoms with Crippen LogP contribution in [0.5, 0.6) is 0 Å². The first kappa shape index (κ1) is 13.1. The summed E-state index contributed by atoms with van der Waals surface area (Å²) in [6.45, 7) is 4.25. The van der Waals surface area contributed by atoms with Crippen molar-refractivity contribution in [2.45, 2.75) is 20.3 Å². The Morgan fingerprint density at radius 3 is 3.00 bits per heavy atom. The first-order valence-electron chi connectivity index (χ1n) is 6.81. The Kier molecular flexibility index (Phi) is 3.40. The molecule has 0 aliphatic heterocycles. The van der Waals surface area contributed by atoms with Crippen molar-refractivity contribution in [3.63, 3.8) is 0 Å². The molecular formula is C16H17N3S. The number of aromatic amines is 1. The maximum Gasteiger partial charge on any atom is 0.183 e. The molecule has 1 aromatic carbocycles. The number of fused-ring (bicyclic) bond motifs is 3. The van der Waals surface area contributed by atoms with Gasteiger partial charge in [0.1, 0.15) is 5.65 Å². The minimum absolute atomic E-state index is 0.473. The van der Waals surface area contributed by atoms with E-state index in [1.807, 2.05) is 31.3 Å². The van der Waals surface area contributed by atoms with Crippen LogP contribution in [0.25, 0.3) is 16.6 Å². The van der Waals surface area contributed by atoms with Gasteiger partial charge in [0, 0.05) is 17.3 Å². The Morgan fingerprint density at radius 1 is 1.40 bits per heavy atom. The minimum Gasteiger partial charge on any atom is -0.331 e. The number of hydrogen-bond acceptors (Lipinski definition) is 2. The molecule has 1 unspecified atom stereocenters. The third-order valence-electron chi connectivity index (χ3n) is 3.50. The molecule has 4 heteroatoms. The molecule has 3 rings (SSSR count). The molecule has 0 radical (unpaired) electrons. The molecule has 0 aliphatic carbocycles. The van der Waals surface area contributed by atoms with Crippen LogP contribution in [-0.2, 0) is 6.42 Å². The number of para-hydroxylation sites is 1. The Hall–Kier alpha value is -1.94. The van der Waals surface area contributed by atoms with Gasteiger partial charge in [-0.3, -0.25) is 4.40 Å². The number of aromatic nitrogens is 3. The topological polar surface area (TPSA) is 33.1 Å². The van der Waals surface area contributed by atoms with Gasteiger partial charge < -0.3 is 4.98 Å². The Bertz CT molecular complexity index is 842. The van der Waals surface area contributed by atoms with Crippen LogP contribution in [0.3, 0.4) is 0 Å². The average Bonchev–Trinajstić information content (AvgIpc) is 2.84. The summed E-state index contributed by atoms with van der Waals surface area (Å²) >= 11 is 5.49. The fourth-order valence-corrected chi connectivity index (χ4v) is 2.95. The molecule has 0 bridgehead atoms. The van der Waals surface area contributed by atoms with Gasteiger partial charge in [-0.15, -0.1) is 0 Å². The standard InChI is InChI=1S/C16H17N3S/c1-3-6-11(2)9-12-10-17-15-13-7-4-5-8-14(13)18-16(20)19(12)15/h3-8,10-11H,9H2,1-2H3,(H,18,20)/b6-3-. The maximum atomic E-state index is 5.49. The van der Waals surface area contributed by atoms with E-state index in [0.717, 1.165) is 28.7 Å². The SMILES string of the molecule is C/C=C\C(C)Cc1cnc2c3ccccc3[nH]c(=S)n12. The molecule has 1 atom stereocenters. The minimum atomic E-state index is 0.473. The van der Waals surface area contributed by atoms with Crippen LogP contribution in [0.1, 0.15) is 19.5 Å². The van der Waals surface area contributed by atoms with E-state index in [0.29, 0.717) is 10.7 Å². The molecule has 20 heavy (non-hydrogen) atoms. The first-order valence-corrected chi connectivity index (χ1v) is 7.21. The highest BCUT2D eigenvalue weighted by Gasteiger charge is 2.10. The van der Waals surface area contributed by atoms with E-state index in [9.17, 15) is 0 Å². The molecule has 0 fully saturated rings. The van der Waals surface area contributed by atoms with Gasteiger partial charge >= 0.3 is 0 Å². The summed E-state index contributed by atoms with van der Waals surface area (Å²) in [4.78, 5) is 7.86. The molecule has 0 saturated carbocycles. The van der Waals surface area contributed by atoms with Crippen molar-refractivity contribution in [1.82, 2.24) is 14.4 Å². The zero-order chi connectivity index (χ0) is 14.1. The molecule has 102 valence electrons. The summed E-state index contributed by atoms with van der Waals surface area (Å²) < 4.78 is 2.76. The van der Waals surface area contributed by atoms with Crippen molar-refractivity contribution in [2.24, 2.45) is 5.92 Å². The van der Waals surface area contributed by atoms with Gasteiger partial charge in [0.15, 0.2) is 4.77 Å². The smallest absolute Gasteiger partial charge is 0.183 e. The van der Waals surface area contributed by atoms with Gasteiger partial charge in [-0.05, 0) is 43.6 Å². The molecule has 2 aromatic heterocycles. The number of allylic oxidation sites excluding steroid dienone is 2. The summed E-state index contributed by atoms with van der Waals surface area (Å²) in [5, 5.41) is 1.10. The van der Waals surface area contributed by atoms with Crippen LogP contribution in [0, 0.1) is 10.7 Å². The zero-order valence-corrected chi connectivity index (χ0v) is 12.4. The van der Waals surface area contributed by atoms with Crippen LogP contribution in [0.4, 0.5) is 0 Å². The van der Waals surface area contributed by atoms with E-state index < -0.39 is 0 Å². The monoisotopic (exact) mass is 283 g/mol. The lowest BCUT2D eigenvalue weighted by Crippen LogP contribution is -2.02. The maximum absolute atomic E-state index is 5.49. The van der Waals surface area contributed by atoms with E-state index in [1.54, 1.807) is 0 Å². The van der Waals surface area contributed by atoms with Crippen molar-refractivity contribution >= 4 is 28.8 Å². The van der Waals surface area contributed by atoms with Crippen molar-refractivity contribution in [2.75, 3.05) is 0 Å². The van der Waals surface area contributed by atoms with Gasteiger partial charge in [0.25, 0.3) is 0 Å². The van der Waals surface area contributed by atoms with E-state index >= 15 is 0 Å². The van der Waals surface area contributed by atoms with Crippen LogP contribution in [0.2, 0.25) is 0 Å². The molecule has 3 aromatic rings. The Balaban J connectivity index is 2.22. The zero-order valence-electron chi connectivity index (χ0n) is 11.6. The van der Waals surface area contributed by atoms with Crippen molar-refractivity contribution in [1.29, 1.82) is 0 Å². The summed E-state index contributed by atoms with van der Waals surface area (Å²) in [6, 6.07) is 8.13. The third-order valence-corrected chi connectivity index (χ3v) is 3.78. The average molecular weight is 283 g/mol. The van der Waals surface area contributed by atoms with Gasteiger partial charge in [-0.2, -0.15) is 0 Å². The second kappa shape index (κ2) is 5.21. The second-order valence-corrected chi connectivity index (χ2v) is 5.48. The van der Waals surface area contributed by atoms with Gasteiger partial charge in [0.05, 0.1) is 5.52 Å². The highest BCUT2D eigenvalue weighted by atomic mass is 32.1. The van der Waals surface area contributed by atoms with E-state index in [1.165, 1.54) is 0 Å². The largest absolute Gasteiger partial charge is 0.331 e. The van der Waals surface area contributed by atoms with Crippen LogP contribution < -0.4 is 0 Å². The van der Waals surface area contributed by atoms with E-state index in [2.05, 4.69) is 39.5 Å². The molecule has 3 nitrogen and oxygen atoms in total. The number of nitrogens with zero attached hydrogens (tertiary/aromatic N) is 2. The van der Waals surface area contributed by atoms with Crippen molar-refractivity contribution in [3.05, 3.63) is 53.1 Å². The van der Waals surface area contributed by atoms with Crippen LogP contribution >= 0.6 is 12.2 Å². The number of imidazole rings is 1. The summed E-state index contributed by atoms with van der Waals surface area (Å²) in [5.41, 5.74) is 3.12. The lowest BCUT2D eigenvalue weighted by molar-refractivity contribution is 0.698. The van der Waals surface area contributed by atoms with E-state index in [4.69, 9.17) is 12.2 Å². The normalized spacial score (nSPS) is 13.5. The number of hydrogen-bond donors (Lipinski definition) is 1. The fraction of sp³-hybridized carbons (Fsp3) is 0.250. The second-order valence-electron chi connectivity index (χ2n) is 5.09. The highest BCUT2D eigenvalue weighted by molar-refractivity contribution is 7.71. The lowest BCUT2D eigenvalue weighted by Gasteiger charge is -2.07. The predicted octanol–water partition coefficient (Wildman–Crippen LogP) is 4.30. The van der Waals surface area contributed by atoms with Crippen LogP contribution in [0.15, 0.2) is 42.6 Å². The van der Waals surface area contributed by atoms with Gasteiger partial charge in [0.2, 0.25) is 0 Å². The molecular weight excluding hydrogens is 266 g/mol. The van der Waals surface area contributed by atoms with Crippen LogP contribution in [-0.4, -0.2) is 14.4 Å².